The van der Waals surface area contributed by atoms with E-state index in [1.54, 1.807) is 0 Å². The molecule has 0 unspecified atom stereocenters. The van der Waals surface area contributed by atoms with E-state index in [4.69, 9.17) is 54.6 Å². The molecule has 0 aliphatic carbocycles. The lowest BCUT2D eigenvalue weighted by molar-refractivity contribution is -0.208. The zero-order valence-electron chi connectivity index (χ0n) is 19.3. The molecule has 3 aliphatic heterocycles. The number of halogens is 1. The minimum Gasteiger partial charge on any atom is -0.394 e. The Morgan fingerprint density at radius 3 is 2.35 bits per heavy atom. The highest BCUT2D eigenvalue weighted by Gasteiger charge is 2.66. The van der Waals surface area contributed by atoms with E-state index in [1.165, 1.54) is 0 Å². The fourth-order valence-electron chi connectivity index (χ4n) is 4.15. The van der Waals surface area contributed by atoms with Crippen LogP contribution in [0.3, 0.4) is 0 Å². The van der Waals surface area contributed by atoms with Gasteiger partial charge in [0.15, 0.2) is 12.1 Å². The topological polar surface area (TPSA) is 132 Å². The van der Waals surface area contributed by atoms with Crippen molar-refractivity contribution in [3.8, 4) is 0 Å². The third-order valence-corrected chi connectivity index (χ3v) is 6.44. The highest BCUT2D eigenvalue weighted by Crippen LogP contribution is 2.47. The minimum atomic E-state index is -0.780. The average molecular weight is 526 g/mol. The van der Waals surface area contributed by atoms with Crippen molar-refractivity contribution in [2.45, 2.75) is 49.8 Å². The summed E-state index contributed by atoms with van der Waals surface area (Å²) in [4.78, 5) is 4.16. The lowest BCUT2D eigenvalue weighted by Crippen LogP contribution is -2.63. The van der Waals surface area contributed by atoms with Crippen molar-refractivity contribution in [3.63, 3.8) is 0 Å². The van der Waals surface area contributed by atoms with Crippen LogP contribution in [0.1, 0.15) is 13.8 Å². The highest BCUT2D eigenvalue weighted by atomic mass is 35.5. The van der Waals surface area contributed by atoms with Gasteiger partial charge in [0.25, 0.3) is 0 Å². The van der Waals surface area contributed by atoms with Gasteiger partial charge in [0.05, 0.1) is 66.1 Å². The highest BCUT2D eigenvalue weighted by molar-refractivity contribution is 7.09. The summed E-state index contributed by atoms with van der Waals surface area (Å²) in [7, 11) is 0. The molecule has 1 aromatic heterocycles. The lowest BCUT2D eigenvalue weighted by atomic mass is 9.88. The molecule has 4 rings (SSSR count). The van der Waals surface area contributed by atoms with Crippen LogP contribution in [0.2, 0.25) is 5.28 Å². The van der Waals surface area contributed by atoms with Gasteiger partial charge in [-0.1, -0.05) is 0 Å². The number of hydrogen-bond acceptors (Lipinski definition) is 13. The number of anilines is 1. The smallest absolute Gasteiger partial charge is 0.236 e. The van der Waals surface area contributed by atoms with E-state index in [-0.39, 0.29) is 30.6 Å². The maximum atomic E-state index is 8.63. The fraction of sp³-hybridized carbons (Fsp3) is 0.900. The Morgan fingerprint density at radius 1 is 1.03 bits per heavy atom. The molecule has 1 aromatic rings. The van der Waals surface area contributed by atoms with Crippen LogP contribution in [-0.2, 0) is 37.9 Å². The van der Waals surface area contributed by atoms with Gasteiger partial charge < -0.3 is 48.3 Å². The van der Waals surface area contributed by atoms with Crippen molar-refractivity contribution in [3.05, 3.63) is 5.28 Å². The maximum absolute atomic E-state index is 8.63. The Balaban J connectivity index is 1.21. The molecule has 3 saturated heterocycles. The first kappa shape index (κ1) is 26.4. The van der Waals surface area contributed by atoms with Gasteiger partial charge in [-0.15, -0.1) is 0 Å². The molecule has 0 radical (unpaired) electrons. The van der Waals surface area contributed by atoms with Crippen molar-refractivity contribution in [2.75, 3.05) is 71.4 Å². The van der Waals surface area contributed by atoms with E-state index in [0.717, 1.165) is 11.5 Å². The molecule has 5 atom stereocenters. The zero-order chi connectivity index (χ0) is 24.0. The van der Waals surface area contributed by atoms with E-state index in [0.29, 0.717) is 58.0 Å². The minimum absolute atomic E-state index is 0.0116. The molecule has 12 nitrogen and oxygen atoms in total. The number of aliphatic hydroxyl groups excluding tert-OH is 1. The monoisotopic (exact) mass is 525 g/mol. The molecule has 4 heterocycles. The molecule has 0 saturated carbocycles. The Kier molecular flexibility index (Phi) is 9.32. The molecular formula is C20H32ClN3O9S. The summed E-state index contributed by atoms with van der Waals surface area (Å²) >= 11 is 7.02. The number of hydrogen-bond donors (Lipinski definition) is 2. The Hall–Kier alpha value is -0.710. The second-order valence-corrected chi connectivity index (χ2v) is 9.62. The summed E-state index contributed by atoms with van der Waals surface area (Å²) in [6, 6.07) is -0.344. The van der Waals surface area contributed by atoms with Crippen LogP contribution in [0.4, 0.5) is 5.13 Å². The van der Waals surface area contributed by atoms with Gasteiger partial charge in [-0.25, -0.2) is 0 Å². The number of rotatable bonds is 15. The summed E-state index contributed by atoms with van der Waals surface area (Å²) in [6.45, 7) is 7.32. The first-order chi connectivity index (χ1) is 16.4. The van der Waals surface area contributed by atoms with Crippen molar-refractivity contribution in [1.82, 2.24) is 9.36 Å². The predicted octanol–water partition coefficient (Wildman–Crippen LogP) is 0.676. The molecule has 0 spiro atoms. The van der Waals surface area contributed by atoms with Crippen molar-refractivity contribution in [1.29, 1.82) is 0 Å². The van der Waals surface area contributed by atoms with Crippen LogP contribution >= 0.6 is 23.1 Å². The van der Waals surface area contributed by atoms with Crippen LogP contribution in [-0.4, -0.2) is 116 Å². The standard InChI is InChI=1S/C20H32ClN3O9S/c1-19(2)31-14-13(22-18-23-17(21)24-34-18)16-30-12-20(33-16,15(14)32-19)11-29-10-9-28-8-7-27-6-5-26-4-3-25/h13-16,25H,3-12H2,1-2H3,(H,22,23,24)/t13-,14-,15-,16+,20+/m1/s1. The quantitative estimate of drug-likeness (QED) is 0.312. The summed E-state index contributed by atoms with van der Waals surface area (Å²) in [6.07, 6.45) is -1.29. The molecule has 2 bridgehead atoms. The summed E-state index contributed by atoms with van der Waals surface area (Å²) < 4.78 is 50.7. The number of aliphatic hydroxyl groups is 1. The maximum Gasteiger partial charge on any atom is 0.236 e. The van der Waals surface area contributed by atoms with E-state index in [2.05, 4.69) is 14.7 Å². The van der Waals surface area contributed by atoms with Gasteiger partial charge >= 0.3 is 0 Å². The van der Waals surface area contributed by atoms with E-state index in [9.17, 15) is 0 Å². The molecule has 0 amide bonds. The molecule has 2 N–H and O–H groups in total. The van der Waals surface area contributed by atoms with E-state index < -0.39 is 23.8 Å². The largest absolute Gasteiger partial charge is 0.394 e. The number of nitrogens with zero attached hydrogens (tertiary/aromatic N) is 2. The molecule has 34 heavy (non-hydrogen) atoms. The Bertz CT molecular complexity index is 775. The Morgan fingerprint density at radius 2 is 1.71 bits per heavy atom. The second-order valence-electron chi connectivity index (χ2n) is 8.53. The Labute approximate surface area is 207 Å². The van der Waals surface area contributed by atoms with E-state index >= 15 is 0 Å². The third kappa shape index (κ3) is 6.53. The number of fused-ring (bicyclic) bond motifs is 4. The first-order valence-electron chi connectivity index (χ1n) is 11.3. The average Bonchev–Trinajstić information content (AvgIpc) is 3.48. The van der Waals surface area contributed by atoms with Crippen LogP contribution in [0, 0.1) is 0 Å². The summed E-state index contributed by atoms with van der Waals surface area (Å²) in [5.41, 5.74) is -0.780. The normalized spacial score (nSPS) is 31.6. The van der Waals surface area contributed by atoms with Crippen LogP contribution in [0.15, 0.2) is 0 Å². The van der Waals surface area contributed by atoms with Gasteiger partial charge in [0.2, 0.25) is 10.4 Å². The summed E-state index contributed by atoms with van der Waals surface area (Å²) in [5, 5.41) is 12.6. The van der Waals surface area contributed by atoms with Crippen LogP contribution in [0.5, 0.6) is 0 Å². The molecule has 3 fully saturated rings. The number of aromatic nitrogens is 2. The van der Waals surface area contributed by atoms with Gasteiger partial charge in [-0.3, -0.25) is 0 Å². The zero-order valence-corrected chi connectivity index (χ0v) is 20.8. The van der Waals surface area contributed by atoms with Crippen molar-refractivity contribution in [2.24, 2.45) is 0 Å². The van der Waals surface area contributed by atoms with Gasteiger partial charge in [-0.2, -0.15) is 9.36 Å². The van der Waals surface area contributed by atoms with Gasteiger partial charge in [0.1, 0.15) is 23.9 Å². The van der Waals surface area contributed by atoms with Crippen molar-refractivity contribution >= 4 is 28.3 Å². The molecule has 194 valence electrons. The fourth-order valence-corrected chi connectivity index (χ4v) is 4.90. The lowest BCUT2D eigenvalue weighted by Gasteiger charge is -2.42. The van der Waals surface area contributed by atoms with Crippen LogP contribution < -0.4 is 5.32 Å². The molecular weight excluding hydrogens is 494 g/mol. The predicted molar refractivity (Wildman–Crippen MR) is 120 cm³/mol. The van der Waals surface area contributed by atoms with Crippen LogP contribution in [0.25, 0.3) is 0 Å². The molecule has 14 heteroatoms. The molecule has 3 aliphatic rings. The SMILES string of the molecule is CC1(C)O[C@@H]2[C@@H](Nc3nc(Cl)ns3)[C@H]3OC[C@](COCCOCCOCCOCCO)(O3)[C@@H]2O1. The van der Waals surface area contributed by atoms with E-state index in [1.807, 2.05) is 13.8 Å². The second kappa shape index (κ2) is 12.0. The summed E-state index contributed by atoms with van der Waals surface area (Å²) in [5.74, 6) is -0.777. The number of ether oxygens (including phenoxy) is 8. The number of nitrogens with one attached hydrogen (secondary N) is 1. The van der Waals surface area contributed by atoms with Gasteiger partial charge in [-0.05, 0) is 25.4 Å². The van der Waals surface area contributed by atoms with Gasteiger partial charge in [0, 0.05) is 11.5 Å². The first-order valence-corrected chi connectivity index (χ1v) is 12.4. The molecule has 0 aromatic carbocycles. The third-order valence-electron chi connectivity index (χ3n) is 5.53. The van der Waals surface area contributed by atoms with Crippen molar-refractivity contribution < 1.29 is 43.0 Å².